The zero-order valence-corrected chi connectivity index (χ0v) is 25.1. The van der Waals surface area contributed by atoms with Crippen LogP contribution in [0, 0.1) is 13.8 Å². The Labute approximate surface area is 244 Å². The highest BCUT2D eigenvalue weighted by atomic mass is 32.2. The van der Waals surface area contributed by atoms with E-state index < -0.39 is 28.5 Å². The van der Waals surface area contributed by atoms with Crippen molar-refractivity contribution in [3.05, 3.63) is 101 Å². The molecular formula is C33H41N3O4S. The molecule has 0 aliphatic heterocycles. The van der Waals surface area contributed by atoms with Crippen molar-refractivity contribution in [2.45, 2.75) is 71.0 Å². The summed E-state index contributed by atoms with van der Waals surface area (Å²) in [6.07, 6.45) is 6.57. The fourth-order valence-electron chi connectivity index (χ4n) is 5.43. The summed E-state index contributed by atoms with van der Waals surface area (Å²) in [5.41, 5.74) is 4.08. The molecule has 1 aliphatic rings. The van der Waals surface area contributed by atoms with E-state index in [0.29, 0.717) is 12.1 Å². The summed E-state index contributed by atoms with van der Waals surface area (Å²) in [6.45, 7) is 3.59. The lowest BCUT2D eigenvalue weighted by Crippen LogP contribution is -2.55. The van der Waals surface area contributed by atoms with Gasteiger partial charge in [0.25, 0.3) is 0 Å². The summed E-state index contributed by atoms with van der Waals surface area (Å²) >= 11 is 0. The molecule has 218 valence electrons. The number of nitrogens with one attached hydrogen (secondary N) is 1. The molecule has 0 radical (unpaired) electrons. The maximum atomic E-state index is 14.2. The van der Waals surface area contributed by atoms with Crippen LogP contribution in [0.5, 0.6) is 0 Å². The minimum atomic E-state index is -3.79. The zero-order chi connectivity index (χ0) is 29.4. The van der Waals surface area contributed by atoms with Crippen molar-refractivity contribution in [3.8, 4) is 0 Å². The van der Waals surface area contributed by atoms with Gasteiger partial charge < -0.3 is 10.2 Å². The van der Waals surface area contributed by atoms with Crippen molar-refractivity contribution in [1.29, 1.82) is 0 Å². The number of carbonyl (C=O) groups excluding carboxylic acids is 2. The van der Waals surface area contributed by atoms with Crippen LogP contribution in [0.15, 0.2) is 78.9 Å². The summed E-state index contributed by atoms with van der Waals surface area (Å²) in [5.74, 6) is -0.637. The van der Waals surface area contributed by atoms with E-state index in [1.54, 1.807) is 17.0 Å². The van der Waals surface area contributed by atoms with E-state index in [1.807, 2.05) is 80.6 Å². The SMILES string of the molecule is Cc1ccc(CN(C(=O)CN(c2ccccc2C)S(C)(=O)=O)C(Cc2ccccc2)C(=O)NC2CCCCC2)cc1. The molecule has 1 saturated carbocycles. The molecule has 41 heavy (non-hydrogen) atoms. The monoisotopic (exact) mass is 575 g/mol. The summed E-state index contributed by atoms with van der Waals surface area (Å²) in [6, 6.07) is 23.9. The lowest BCUT2D eigenvalue weighted by molar-refractivity contribution is -0.140. The van der Waals surface area contributed by atoms with Gasteiger partial charge in [-0.2, -0.15) is 0 Å². The molecule has 1 unspecified atom stereocenters. The Bertz CT molecular complexity index is 1420. The Balaban J connectivity index is 1.72. The van der Waals surface area contributed by atoms with Crippen LogP contribution in [0.1, 0.15) is 54.4 Å². The Morgan fingerprint density at radius 1 is 0.854 bits per heavy atom. The van der Waals surface area contributed by atoms with Gasteiger partial charge in [0, 0.05) is 19.0 Å². The van der Waals surface area contributed by atoms with E-state index in [4.69, 9.17) is 0 Å². The number of para-hydroxylation sites is 1. The van der Waals surface area contributed by atoms with Crippen LogP contribution in [0.25, 0.3) is 0 Å². The highest BCUT2D eigenvalue weighted by Gasteiger charge is 2.34. The van der Waals surface area contributed by atoms with Gasteiger partial charge in [-0.1, -0.05) is 97.6 Å². The van der Waals surface area contributed by atoms with Crippen molar-refractivity contribution >= 4 is 27.5 Å². The van der Waals surface area contributed by atoms with E-state index in [-0.39, 0.29) is 18.5 Å². The van der Waals surface area contributed by atoms with Gasteiger partial charge >= 0.3 is 0 Å². The average Bonchev–Trinajstić information content (AvgIpc) is 2.95. The molecule has 0 heterocycles. The summed E-state index contributed by atoms with van der Waals surface area (Å²) in [5, 5.41) is 3.23. The largest absolute Gasteiger partial charge is 0.352 e. The third-order valence-electron chi connectivity index (χ3n) is 7.76. The number of carbonyl (C=O) groups is 2. The van der Waals surface area contributed by atoms with Crippen molar-refractivity contribution in [1.82, 2.24) is 10.2 Å². The first-order valence-corrected chi connectivity index (χ1v) is 16.2. The van der Waals surface area contributed by atoms with E-state index >= 15 is 0 Å². The zero-order valence-electron chi connectivity index (χ0n) is 24.3. The maximum absolute atomic E-state index is 14.2. The molecular weight excluding hydrogens is 534 g/mol. The number of anilines is 1. The third-order valence-corrected chi connectivity index (χ3v) is 8.89. The Kier molecular flexibility index (Phi) is 10.2. The highest BCUT2D eigenvalue weighted by Crippen LogP contribution is 2.24. The predicted molar refractivity (Wildman–Crippen MR) is 164 cm³/mol. The average molecular weight is 576 g/mol. The summed E-state index contributed by atoms with van der Waals surface area (Å²) in [4.78, 5) is 29.8. The molecule has 0 saturated heterocycles. The number of nitrogens with zero attached hydrogens (tertiary/aromatic N) is 2. The van der Waals surface area contributed by atoms with Crippen molar-refractivity contribution in [3.63, 3.8) is 0 Å². The molecule has 8 heteroatoms. The quantitative estimate of drug-likeness (QED) is 0.342. The van der Waals surface area contributed by atoms with Crippen LogP contribution >= 0.6 is 0 Å². The van der Waals surface area contributed by atoms with E-state index in [1.165, 1.54) is 0 Å². The van der Waals surface area contributed by atoms with Gasteiger partial charge in [0.1, 0.15) is 12.6 Å². The Hall–Kier alpha value is -3.65. The molecule has 2 amide bonds. The third kappa shape index (κ3) is 8.43. The molecule has 0 bridgehead atoms. The lowest BCUT2D eigenvalue weighted by atomic mass is 9.94. The van der Waals surface area contributed by atoms with E-state index in [9.17, 15) is 18.0 Å². The molecule has 1 aliphatic carbocycles. The minimum absolute atomic E-state index is 0.0744. The standard InChI is InChI=1S/C33H41N3O4S/c1-25-18-20-28(21-19-25)23-35(32(37)24-36(41(3,39)40)30-17-11-10-12-26(30)2)31(22-27-13-6-4-7-14-27)33(38)34-29-15-8-5-9-16-29/h4,6-7,10-14,17-21,29,31H,5,8-9,15-16,22-24H2,1-3H3,(H,34,38). The van der Waals surface area contributed by atoms with Gasteiger partial charge in [0.2, 0.25) is 21.8 Å². The number of aryl methyl sites for hydroxylation is 2. The first-order valence-electron chi connectivity index (χ1n) is 14.3. The molecule has 1 N–H and O–H groups in total. The highest BCUT2D eigenvalue weighted by molar-refractivity contribution is 7.92. The molecule has 3 aromatic rings. The first-order chi connectivity index (χ1) is 19.6. The molecule has 4 rings (SSSR count). The van der Waals surface area contributed by atoms with Crippen LogP contribution in [0.3, 0.4) is 0 Å². The normalized spacial score (nSPS) is 14.7. The number of amides is 2. The van der Waals surface area contributed by atoms with Crippen LogP contribution in [0.4, 0.5) is 5.69 Å². The van der Waals surface area contributed by atoms with E-state index in [0.717, 1.165) is 64.9 Å². The predicted octanol–water partition coefficient (Wildman–Crippen LogP) is 5.16. The Morgan fingerprint density at radius 3 is 2.12 bits per heavy atom. The second-order valence-corrected chi connectivity index (χ2v) is 13.0. The topological polar surface area (TPSA) is 86.8 Å². The summed E-state index contributed by atoms with van der Waals surface area (Å²) < 4.78 is 27.1. The maximum Gasteiger partial charge on any atom is 0.244 e. The van der Waals surface area contributed by atoms with Gasteiger partial charge in [-0.15, -0.1) is 0 Å². The van der Waals surface area contributed by atoms with Crippen LogP contribution in [-0.4, -0.2) is 50.0 Å². The van der Waals surface area contributed by atoms with Crippen LogP contribution in [0.2, 0.25) is 0 Å². The van der Waals surface area contributed by atoms with Crippen LogP contribution in [-0.2, 0) is 32.6 Å². The second kappa shape index (κ2) is 13.8. The van der Waals surface area contributed by atoms with Gasteiger partial charge in [-0.3, -0.25) is 13.9 Å². The fraction of sp³-hybridized carbons (Fsp3) is 0.394. The Morgan fingerprint density at radius 2 is 1.49 bits per heavy atom. The number of hydrogen-bond donors (Lipinski definition) is 1. The van der Waals surface area contributed by atoms with Crippen molar-refractivity contribution < 1.29 is 18.0 Å². The van der Waals surface area contributed by atoms with Gasteiger partial charge in [-0.05, 0) is 49.4 Å². The fourth-order valence-corrected chi connectivity index (χ4v) is 6.33. The van der Waals surface area contributed by atoms with Gasteiger partial charge in [0.15, 0.2) is 0 Å². The van der Waals surface area contributed by atoms with Gasteiger partial charge in [-0.25, -0.2) is 8.42 Å². The second-order valence-electron chi connectivity index (χ2n) is 11.1. The number of benzene rings is 3. The van der Waals surface area contributed by atoms with Gasteiger partial charge in [0.05, 0.1) is 11.9 Å². The molecule has 7 nitrogen and oxygen atoms in total. The number of hydrogen-bond acceptors (Lipinski definition) is 4. The summed E-state index contributed by atoms with van der Waals surface area (Å²) in [7, 11) is -3.79. The molecule has 1 atom stereocenters. The lowest BCUT2D eigenvalue weighted by Gasteiger charge is -2.35. The molecule has 3 aromatic carbocycles. The molecule has 0 aromatic heterocycles. The van der Waals surface area contributed by atoms with Crippen molar-refractivity contribution in [2.24, 2.45) is 0 Å². The number of rotatable bonds is 11. The van der Waals surface area contributed by atoms with Crippen LogP contribution < -0.4 is 9.62 Å². The van der Waals surface area contributed by atoms with E-state index in [2.05, 4.69) is 5.32 Å². The minimum Gasteiger partial charge on any atom is -0.352 e. The van der Waals surface area contributed by atoms with Crippen molar-refractivity contribution in [2.75, 3.05) is 17.1 Å². The molecule has 1 fully saturated rings. The smallest absolute Gasteiger partial charge is 0.244 e. The number of sulfonamides is 1. The first kappa shape index (κ1) is 30.3. The molecule has 0 spiro atoms.